The van der Waals surface area contributed by atoms with Gasteiger partial charge in [0.25, 0.3) is 11.8 Å². The highest BCUT2D eigenvalue weighted by molar-refractivity contribution is 6.30. The normalized spacial score (nSPS) is 18.5. The molecule has 0 radical (unpaired) electrons. The minimum Gasteiger partial charge on any atom is -0.495 e. The summed E-state index contributed by atoms with van der Waals surface area (Å²) in [5, 5.41) is 26.3. The first-order valence-corrected chi connectivity index (χ1v) is 28.2. The number of halogens is 7. The Morgan fingerprint density at radius 3 is 1.49 bits per heavy atom. The Morgan fingerprint density at radius 2 is 1.03 bits per heavy atom. The second-order valence-electron chi connectivity index (χ2n) is 21.4. The van der Waals surface area contributed by atoms with Crippen molar-refractivity contribution in [3.63, 3.8) is 0 Å². The maximum Gasteiger partial charge on any atom is 0.423 e. The topological polar surface area (TPSA) is 246 Å². The molecule has 0 bridgehead atoms. The number of amides is 4. The molecule has 4 aromatic carbocycles. The van der Waals surface area contributed by atoms with Crippen LogP contribution in [0.4, 0.5) is 49.6 Å². The molecule has 27 heteroatoms. The minimum absolute atomic E-state index is 0. The second kappa shape index (κ2) is 29.6. The summed E-state index contributed by atoms with van der Waals surface area (Å²) >= 11 is 5.62. The van der Waals surface area contributed by atoms with Crippen LogP contribution in [0.15, 0.2) is 97.3 Å². The van der Waals surface area contributed by atoms with Crippen LogP contribution in [0.25, 0.3) is 0 Å². The van der Waals surface area contributed by atoms with Gasteiger partial charge in [-0.3, -0.25) is 19.2 Å². The van der Waals surface area contributed by atoms with E-state index in [0.29, 0.717) is 47.1 Å². The van der Waals surface area contributed by atoms with E-state index in [1.54, 1.807) is 42.5 Å². The minimum atomic E-state index is -4.79. The van der Waals surface area contributed by atoms with Crippen LogP contribution in [0, 0.1) is 0 Å². The van der Waals surface area contributed by atoms with E-state index in [1.165, 1.54) is 34.1 Å². The van der Waals surface area contributed by atoms with Crippen molar-refractivity contribution in [1.29, 1.82) is 0 Å². The molecule has 0 unspecified atom stereocenters. The summed E-state index contributed by atoms with van der Waals surface area (Å²) in [6.45, 7) is 6.45. The molecule has 88 heavy (non-hydrogen) atoms. The number of piperidine rings is 2. The number of carbonyl (C=O) groups excluding carboxylic acids is 4. The number of nitrogens with zero attached hydrogens (tertiary/aromatic N) is 6. The first kappa shape index (κ1) is 67.2. The molecule has 0 spiro atoms. The van der Waals surface area contributed by atoms with Crippen LogP contribution < -0.4 is 46.1 Å². The van der Waals surface area contributed by atoms with Crippen molar-refractivity contribution in [2.45, 2.75) is 109 Å². The van der Waals surface area contributed by atoms with Crippen LogP contribution in [-0.4, -0.2) is 137 Å². The smallest absolute Gasteiger partial charge is 0.423 e. The SMILES string of the molecule is C.CC(=O)N[C@@H]1c2ccccc2C[C@H]1O.COc1cc(C(=O)NC2CCN(C)CC2)ccc1Nc1ncc(C(F)(F)F)c(Cl)n1.COc1cc(C(=O)NC2CCN(C)CC2)ccc1Nc1ncc(C(F)(F)F)c(O[C@@H]2Cc3ccccc3[C@H]2NC(C)=O)n1. The maximum absolute atomic E-state index is 14.0. The Balaban J connectivity index is 0.000000211. The number of methoxy groups -OCH3 is 2. The van der Waals surface area contributed by atoms with Gasteiger partial charge in [0, 0.05) is 62.3 Å². The molecular weight excluding hydrogens is 1180 g/mol. The third-order valence-electron chi connectivity index (χ3n) is 15.0. The lowest BCUT2D eigenvalue weighted by Crippen LogP contribution is -2.43. The Morgan fingerprint density at radius 1 is 0.602 bits per heavy atom. The first-order chi connectivity index (χ1) is 41.4. The number of benzene rings is 4. The molecule has 2 aromatic heterocycles. The van der Waals surface area contributed by atoms with E-state index in [9.17, 15) is 50.6 Å². The first-order valence-electron chi connectivity index (χ1n) is 27.8. The number of aromatic nitrogens is 4. The van der Waals surface area contributed by atoms with Gasteiger partial charge < -0.3 is 61.0 Å². The molecule has 2 fully saturated rings. The maximum atomic E-state index is 14.0. The number of nitrogens with one attached hydrogen (secondary N) is 6. The van der Waals surface area contributed by atoms with E-state index < -0.39 is 52.8 Å². The number of aliphatic hydroxyl groups excluding tert-OH is 1. The van der Waals surface area contributed by atoms with Crippen LogP contribution in [0.3, 0.4) is 0 Å². The van der Waals surface area contributed by atoms with Crippen LogP contribution in [0.2, 0.25) is 5.15 Å². The molecule has 6 aromatic rings. The van der Waals surface area contributed by atoms with Crippen LogP contribution in [0.1, 0.15) is 113 Å². The largest absolute Gasteiger partial charge is 0.495 e. The highest BCUT2D eigenvalue weighted by Crippen LogP contribution is 2.41. The summed E-state index contributed by atoms with van der Waals surface area (Å²) in [4.78, 5) is 67.9. The highest BCUT2D eigenvalue weighted by Gasteiger charge is 2.41. The zero-order valence-corrected chi connectivity index (χ0v) is 49.2. The molecule has 10 rings (SSSR count). The number of anilines is 4. The number of rotatable bonds is 14. The number of aliphatic hydroxyl groups is 1. The van der Waals surface area contributed by atoms with Gasteiger partial charge in [0.05, 0.1) is 43.8 Å². The summed E-state index contributed by atoms with van der Waals surface area (Å²) in [5.41, 5.74) is 3.02. The van der Waals surface area contributed by atoms with Crippen LogP contribution >= 0.6 is 11.6 Å². The van der Waals surface area contributed by atoms with E-state index >= 15 is 0 Å². The summed E-state index contributed by atoms with van der Waals surface area (Å²) in [7, 11) is 6.92. The number of carbonyl (C=O) groups is 4. The summed E-state index contributed by atoms with van der Waals surface area (Å²) < 4.78 is 96.9. The van der Waals surface area contributed by atoms with Crippen molar-refractivity contribution in [2.75, 3.05) is 65.1 Å². The molecule has 4 heterocycles. The monoisotopic (exact) mass is 1250 g/mol. The fraction of sp³-hybridized carbons (Fsp3) is 0.410. The third-order valence-corrected chi connectivity index (χ3v) is 15.3. The average molecular weight is 1250 g/mol. The number of hydrogen-bond acceptors (Lipinski definition) is 16. The highest BCUT2D eigenvalue weighted by atomic mass is 35.5. The summed E-state index contributed by atoms with van der Waals surface area (Å²) in [6, 6.07) is 23.8. The Labute approximate surface area is 510 Å². The molecule has 4 atom stereocenters. The van der Waals surface area contributed by atoms with Gasteiger partial charge in [-0.05, 0) is 125 Å². The molecule has 4 aliphatic rings. The van der Waals surface area contributed by atoms with Gasteiger partial charge >= 0.3 is 12.4 Å². The molecule has 2 saturated heterocycles. The van der Waals surface area contributed by atoms with Crippen LogP contribution in [-0.2, 0) is 34.8 Å². The van der Waals surface area contributed by atoms with Crippen molar-refractivity contribution >= 4 is 58.5 Å². The molecule has 2 aliphatic carbocycles. The zero-order valence-electron chi connectivity index (χ0n) is 48.4. The van der Waals surface area contributed by atoms with E-state index in [4.69, 9.17) is 25.8 Å². The van der Waals surface area contributed by atoms with E-state index in [0.717, 1.165) is 74.1 Å². The van der Waals surface area contributed by atoms with Gasteiger partial charge in [-0.15, -0.1) is 0 Å². The van der Waals surface area contributed by atoms with Gasteiger partial charge in [-0.25, -0.2) is 15.0 Å². The third kappa shape index (κ3) is 17.5. The van der Waals surface area contributed by atoms with E-state index in [2.05, 4.69) is 61.6 Å². The predicted octanol–water partition coefficient (Wildman–Crippen LogP) is 9.39. The predicted molar refractivity (Wildman–Crippen MR) is 318 cm³/mol. The number of fused-ring (bicyclic) bond motifs is 2. The lowest BCUT2D eigenvalue weighted by atomic mass is 10.0. The number of ether oxygens (including phenoxy) is 3. The zero-order chi connectivity index (χ0) is 62.7. The van der Waals surface area contributed by atoms with Crippen molar-refractivity contribution < 1.29 is 64.8 Å². The van der Waals surface area contributed by atoms with E-state index in [1.807, 2.05) is 50.5 Å². The van der Waals surface area contributed by atoms with Gasteiger partial charge in [0.2, 0.25) is 29.6 Å². The molecule has 7 N–H and O–H groups in total. The van der Waals surface area contributed by atoms with Gasteiger partial charge in [-0.2, -0.15) is 31.3 Å². The average Bonchev–Trinajstić information content (AvgIpc) is 2.50. The fourth-order valence-corrected chi connectivity index (χ4v) is 10.7. The molecule has 20 nitrogen and oxygen atoms in total. The standard InChI is InChI=1S/C30H33F3N6O4.C19H21ClF3N5O2.C11H13NO2.CH4/c1-17(40)35-26-21-7-5-4-6-18(21)14-25(26)43-28-22(30(31,32)33)16-34-29(38-28)37-23-9-8-19(15-24(23)42-3)27(41)36-20-10-12-39(2)13-11-20;1-28-7-5-12(6-8-28)25-17(29)11-3-4-14(15(9-11)30-2)26-18-24-10-13(16(20)27-18)19(21,22)23;1-7(13)12-11-9-5-3-2-4-8(9)6-10(11)14;/h4-9,15-16,20,25-26H,10-14H2,1-3H3,(H,35,40)(H,36,41)(H,34,37,38);3-4,9-10,12H,5-8H2,1-2H3,(H,25,29)(H,24,26,27);2-5,10-11,14H,6H2,1H3,(H,12,13);1H4/t25-,26-;;10-,11-;/m1.1./s1. The fourth-order valence-electron chi connectivity index (χ4n) is 10.4. The lowest BCUT2D eigenvalue weighted by Gasteiger charge is -2.29. The molecule has 0 saturated carbocycles. The summed E-state index contributed by atoms with van der Waals surface area (Å²) in [6.07, 6.45) is -5.13. The number of hydrogen-bond donors (Lipinski definition) is 7. The van der Waals surface area contributed by atoms with Gasteiger partial charge in [0.15, 0.2) is 0 Å². The molecule has 472 valence electrons. The number of likely N-dealkylation sites (tertiary alicyclic amines) is 2. The van der Waals surface area contributed by atoms with Crippen molar-refractivity contribution in [1.82, 2.24) is 51.0 Å². The molecular formula is C61H71ClF6N12O8. The van der Waals surface area contributed by atoms with Crippen LogP contribution in [0.5, 0.6) is 17.4 Å². The Bertz CT molecular complexity index is 3420. The van der Waals surface area contributed by atoms with Gasteiger partial charge in [0.1, 0.15) is 33.9 Å². The summed E-state index contributed by atoms with van der Waals surface area (Å²) in [5.74, 6) is -1.30. The van der Waals surface area contributed by atoms with Gasteiger partial charge in [-0.1, -0.05) is 67.6 Å². The van der Waals surface area contributed by atoms with E-state index in [-0.39, 0.29) is 73.2 Å². The lowest BCUT2D eigenvalue weighted by molar-refractivity contribution is -0.140. The molecule has 4 amide bonds. The number of alkyl halides is 6. The van der Waals surface area contributed by atoms with Crippen molar-refractivity contribution in [3.05, 3.63) is 147 Å². The quantitative estimate of drug-likeness (QED) is 0.0396. The van der Waals surface area contributed by atoms with Crippen molar-refractivity contribution in [2.24, 2.45) is 0 Å². The van der Waals surface area contributed by atoms with Crippen molar-refractivity contribution in [3.8, 4) is 17.4 Å². The Kier molecular flexibility index (Phi) is 22.6. The Hall–Kier alpha value is -8.33. The molecule has 2 aliphatic heterocycles. The second-order valence-corrected chi connectivity index (χ2v) is 21.7.